The Kier molecular flexibility index (Phi) is 11.0. The normalized spacial score (nSPS) is 18.6. The smallest absolute Gasteiger partial charge is 0.191 e. The van der Waals surface area contributed by atoms with Gasteiger partial charge in [-0.25, -0.2) is 9.98 Å². The minimum atomic E-state index is 0. The number of hydrogen-bond acceptors (Lipinski definition) is 5. The zero-order valence-corrected chi connectivity index (χ0v) is 21.8. The molecule has 0 radical (unpaired) electrons. The molecule has 2 N–H and O–H groups in total. The van der Waals surface area contributed by atoms with Gasteiger partial charge in [-0.2, -0.15) is 0 Å². The Hall–Kier alpha value is -2.07. The van der Waals surface area contributed by atoms with E-state index >= 15 is 0 Å². The fourth-order valence-corrected chi connectivity index (χ4v) is 3.80. The molecule has 176 valence electrons. The molecule has 1 aromatic carbocycles. The Labute approximate surface area is 209 Å². The monoisotopic (exact) mass is 553 g/mol. The van der Waals surface area contributed by atoms with Crippen molar-refractivity contribution in [1.29, 1.82) is 0 Å². The summed E-state index contributed by atoms with van der Waals surface area (Å²) in [6, 6.07) is 12.3. The van der Waals surface area contributed by atoms with Gasteiger partial charge < -0.3 is 25.0 Å². The minimum absolute atomic E-state index is 0. The second-order valence-corrected chi connectivity index (χ2v) is 7.87. The highest BCUT2D eigenvalue weighted by Gasteiger charge is 2.22. The summed E-state index contributed by atoms with van der Waals surface area (Å²) in [7, 11) is 1.71. The van der Waals surface area contributed by atoms with Crippen LogP contribution in [0.2, 0.25) is 0 Å². The molecule has 2 heterocycles. The van der Waals surface area contributed by atoms with Gasteiger partial charge in [0, 0.05) is 32.4 Å². The molecule has 1 fully saturated rings. The molecule has 2 unspecified atom stereocenters. The number of benzene rings is 1. The molecule has 7 nitrogen and oxygen atoms in total. The topological polar surface area (TPSA) is 71.0 Å². The fourth-order valence-electron chi connectivity index (χ4n) is 3.80. The number of halogens is 1. The van der Waals surface area contributed by atoms with Crippen molar-refractivity contribution in [3.8, 4) is 5.75 Å². The van der Waals surface area contributed by atoms with Gasteiger partial charge in [-0.15, -0.1) is 24.0 Å². The van der Waals surface area contributed by atoms with E-state index in [1.54, 1.807) is 7.11 Å². The lowest BCUT2D eigenvalue weighted by Gasteiger charge is -2.36. The van der Waals surface area contributed by atoms with Crippen molar-refractivity contribution in [3.05, 3.63) is 53.7 Å². The van der Waals surface area contributed by atoms with Crippen molar-refractivity contribution in [2.75, 3.05) is 38.2 Å². The number of nitrogens with zero attached hydrogens (tertiary/aromatic N) is 3. The average Bonchev–Trinajstić information content (AvgIpc) is 2.77. The zero-order chi connectivity index (χ0) is 22.1. The summed E-state index contributed by atoms with van der Waals surface area (Å²) in [5, 5.41) is 6.71. The fraction of sp³-hybridized carbons (Fsp3) is 0.500. The number of aliphatic imine (C=N–C) groups is 1. The number of anilines is 1. The first-order valence-electron chi connectivity index (χ1n) is 11.1. The Bertz CT molecular complexity index is 837. The number of pyridine rings is 1. The lowest BCUT2D eigenvalue weighted by Crippen LogP contribution is -2.45. The molecule has 0 saturated carbocycles. The highest BCUT2D eigenvalue weighted by atomic mass is 127. The van der Waals surface area contributed by atoms with Gasteiger partial charge in [-0.1, -0.05) is 24.3 Å². The van der Waals surface area contributed by atoms with E-state index < -0.39 is 0 Å². The van der Waals surface area contributed by atoms with E-state index in [-0.39, 0.29) is 36.2 Å². The third kappa shape index (κ3) is 7.81. The lowest BCUT2D eigenvalue weighted by atomic mass is 10.1. The maximum atomic E-state index is 5.81. The van der Waals surface area contributed by atoms with Crippen molar-refractivity contribution in [1.82, 2.24) is 15.6 Å². The molecule has 0 aliphatic carbocycles. The van der Waals surface area contributed by atoms with Gasteiger partial charge in [0.05, 0.1) is 25.9 Å². The van der Waals surface area contributed by atoms with E-state index in [2.05, 4.69) is 59.5 Å². The van der Waals surface area contributed by atoms with Crippen LogP contribution in [-0.4, -0.2) is 56.4 Å². The summed E-state index contributed by atoms with van der Waals surface area (Å²) in [6.07, 6.45) is 3.22. The second-order valence-electron chi connectivity index (χ2n) is 7.87. The van der Waals surface area contributed by atoms with Crippen LogP contribution in [0.25, 0.3) is 0 Å². The number of rotatable bonds is 8. The summed E-state index contributed by atoms with van der Waals surface area (Å²) in [5.41, 5.74) is 2.26. The highest BCUT2D eigenvalue weighted by Crippen LogP contribution is 2.19. The van der Waals surface area contributed by atoms with Crippen LogP contribution in [0.5, 0.6) is 5.75 Å². The van der Waals surface area contributed by atoms with Crippen molar-refractivity contribution in [2.24, 2.45) is 4.99 Å². The van der Waals surface area contributed by atoms with Crippen molar-refractivity contribution < 1.29 is 9.47 Å². The molecule has 2 aromatic rings. The molecule has 1 saturated heterocycles. The third-order valence-corrected chi connectivity index (χ3v) is 5.20. The number of para-hydroxylation sites is 1. The maximum Gasteiger partial charge on any atom is 0.191 e. The number of morpholine rings is 1. The summed E-state index contributed by atoms with van der Waals surface area (Å²) >= 11 is 0. The number of hydrogen-bond donors (Lipinski definition) is 2. The molecule has 3 rings (SSSR count). The largest absolute Gasteiger partial charge is 0.496 e. The van der Waals surface area contributed by atoms with Crippen molar-refractivity contribution in [3.63, 3.8) is 0 Å². The van der Waals surface area contributed by atoms with E-state index in [9.17, 15) is 0 Å². The second kappa shape index (κ2) is 13.5. The standard InChI is InChI=1S/C24H35N5O2.HI/c1-5-25-24(26-13-12-21-8-6-7-9-22(21)30-4)28-15-20-10-11-23(27-14-20)29-16-18(2)31-19(3)17-29;/h6-11,14,18-19H,5,12-13,15-17H2,1-4H3,(H2,25,26,28);1H. The third-order valence-electron chi connectivity index (χ3n) is 5.20. The molecular weight excluding hydrogens is 517 g/mol. The molecule has 1 aliphatic rings. The van der Waals surface area contributed by atoms with Gasteiger partial charge in [0.25, 0.3) is 0 Å². The number of nitrogens with one attached hydrogen (secondary N) is 2. The van der Waals surface area contributed by atoms with Crippen LogP contribution in [0.4, 0.5) is 5.82 Å². The van der Waals surface area contributed by atoms with Crippen LogP contribution in [0.1, 0.15) is 31.9 Å². The van der Waals surface area contributed by atoms with Crippen LogP contribution >= 0.6 is 24.0 Å². The van der Waals surface area contributed by atoms with Crippen LogP contribution in [0, 0.1) is 0 Å². The molecule has 0 amide bonds. The SMILES string of the molecule is CCNC(=NCc1ccc(N2CC(C)OC(C)C2)nc1)NCCc1ccccc1OC.I. The number of ether oxygens (including phenoxy) is 2. The van der Waals surface area contributed by atoms with Gasteiger partial charge >= 0.3 is 0 Å². The van der Waals surface area contributed by atoms with Gasteiger partial charge in [0.1, 0.15) is 11.6 Å². The summed E-state index contributed by atoms with van der Waals surface area (Å²) in [6.45, 7) is 10.2. The van der Waals surface area contributed by atoms with Crippen LogP contribution < -0.4 is 20.3 Å². The maximum absolute atomic E-state index is 5.81. The number of aromatic nitrogens is 1. The van der Waals surface area contributed by atoms with Crippen LogP contribution in [0.3, 0.4) is 0 Å². The van der Waals surface area contributed by atoms with E-state index in [1.807, 2.05) is 24.4 Å². The Morgan fingerprint density at radius 2 is 1.91 bits per heavy atom. The lowest BCUT2D eigenvalue weighted by molar-refractivity contribution is -0.00545. The predicted molar refractivity (Wildman–Crippen MR) is 141 cm³/mol. The van der Waals surface area contributed by atoms with Crippen molar-refractivity contribution in [2.45, 2.75) is 45.9 Å². The highest BCUT2D eigenvalue weighted by molar-refractivity contribution is 14.0. The molecule has 0 spiro atoms. The quantitative estimate of drug-likeness (QED) is 0.296. The van der Waals surface area contributed by atoms with Crippen LogP contribution in [0.15, 0.2) is 47.6 Å². The van der Waals surface area contributed by atoms with Gasteiger partial charge in [0.15, 0.2) is 5.96 Å². The average molecular weight is 553 g/mol. The Balaban J connectivity index is 0.00000363. The molecule has 8 heteroatoms. The van der Waals surface area contributed by atoms with E-state index in [4.69, 9.17) is 14.5 Å². The molecular formula is C24H36IN5O2. The molecule has 0 bridgehead atoms. The summed E-state index contributed by atoms with van der Waals surface area (Å²) < 4.78 is 11.2. The van der Waals surface area contributed by atoms with Crippen LogP contribution in [-0.2, 0) is 17.7 Å². The molecule has 1 aromatic heterocycles. The van der Waals surface area contributed by atoms with Gasteiger partial charge in [-0.3, -0.25) is 0 Å². The Morgan fingerprint density at radius 3 is 2.56 bits per heavy atom. The first kappa shape index (κ1) is 26.2. The summed E-state index contributed by atoms with van der Waals surface area (Å²) in [5.74, 6) is 2.72. The first-order valence-corrected chi connectivity index (χ1v) is 11.1. The van der Waals surface area contributed by atoms with Crippen molar-refractivity contribution >= 4 is 35.8 Å². The number of methoxy groups -OCH3 is 1. The van der Waals surface area contributed by atoms with E-state index in [0.717, 1.165) is 55.7 Å². The molecule has 2 atom stereocenters. The van der Waals surface area contributed by atoms with Gasteiger partial charge in [-0.05, 0) is 50.5 Å². The summed E-state index contributed by atoms with van der Waals surface area (Å²) in [4.78, 5) is 11.7. The predicted octanol–water partition coefficient (Wildman–Crippen LogP) is 3.62. The minimum Gasteiger partial charge on any atom is -0.496 e. The Morgan fingerprint density at radius 1 is 1.16 bits per heavy atom. The van der Waals surface area contributed by atoms with E-state index in [0.29, 0.717) is 6.54 Å². The van der Waals surface area contributed by atoms with Gasteiger partial charge in [0.2, 0.25) is 0 Å². The first-order chi connectivity index (χ1) is 15.1. The molecule has 32 heavy (non-hydrogen) atoms. The zero-order valence-electron chi connectivity index (χ0n) is 19.5. The number of guanidine groups is 1. The molecule has 1 aliphatic heterocycles. The van der Waals surface area contributed by atoms with E-state index in [1.165, 1.54) is 5.56 Å².